The molecule has 0 spiro atoms. The van der Waals surface area contributed by atoms with Crippen molar-refractivity contribution in [3.8, 4) is 5.75 Å². The summed E-state index contributed by atoms with van der Waals surface area (Å²) in [5.74, 6) is 0.287. The van der Waals surface area contributed by atoms with Crippen LogP contribution in [0.3, 0.4) is 0 Å². The van der Waals surface area contributed by atoms with Gasteiger partial charge in [0, 0.05) is 19.1 Å². The molecule has 0 fully saturated rings. The molecule has 3 heteroatoms. The van der Waals surface area contributed by atoms with Crippen LogP contribution >= 0.6 is 0 Å². The van der Waals surface area contributed by atoms with E-state index in [9.17, 15) is 4.79 Å². The third-order valence-electron chi connectivity index (χ3n) is 1.21. The van der Waals surface area contributed by atoms with Gasteiger partial charge in [0.2, 0.25) is 0 Å². The molecule has 0 saturated carbocycles. The summed E-state index contributed by atoms with van der Waals surface area (Å²) in [6.07, 6.45) is 3.64. The predicted octanol–water partition coefficient (Wildman–Crippen LogP) is 0.436. The molecular formula is C8H10NO2+. The van der Waals surface area contributed by atoms with Gasteiger partial charge in [0.15, 0.2) is 12.4 Å². The number of pyridine rings is 1. The minimum absolute atomic E-state index is 0.293. The van der Waals surface area contributed by atoms with E-state index >= 15 is 0 Å². The molecule has 0 atom stereocenters. The second kappa shape index (κ2) is 3.14. The highest BCUT2D eigenvalue weighted by Crippen LogP contribution is 2.05. The van der Waals surface area contributed by atoms with Gasteiger partial charge < -0.3 is 4.74 Å². The minimum atomic E-state index is -0.293. The van der Waals surface area contributed by atoms with Gasteiger partial charge in [-0.3, -0.25) is 4.79 Å². The van der Waals surface area contributed by atoms with Crippen LogP contribution in [-0.2, 0) is 11.8 Å². The van der Waals surface area contributed by atoms with Crippen LogP contribution in [-0.4, -0.2) is 5.97 Å². The second-order valence-electron chi connectivity index (χ2n) is 2.29. The van der Waals surface area contributed by atoms with Crippen LogP contribution in [0.4, 0.5) is 0 Å². The largest absolute Gasteiger partial charge is 0.426 e. The van der Waals surface area contributed by atoms with Crippen molar-refractivity contribution in [2.75, 3.05) is 0 Å². The number of rotatable bonds is 1. The molecule has 0 unspecified atom stereocenters. The Labute approximate surface area is 65.2 Å². The topological polar surface area (TPSA) is 30.2 Å². The van der Waals surface area contributed by atoms with Crippen molar-refractivity contribution in [3.05, 3.63) is 24.5 Å². The normalized spacial score (nSPS) is 9.27. The Morgan fingerprint density at radius 3 is 2.45 bits per heavy atom. The first-order valence-electron chi connectivity index (χ1n) is 3.32. The Balaban J connectivity index is 2.74. The van der Waals surface area contributed by atoms with Crippen LogP contribution in [0.5, 0.6) is 5.75 Å². The summed E-state index contributed by atoms with van der Waals surface area (Å²) in [6, 6.07) is 3.48. The van der Waals surface area contributed by atoms with E-state index in [1.165, 1.54) is 6.92 Å². The van der Waals surface area contributed by atoms with Crippen molar-refractivity contribution in [3.63, 3.8) is 0 Å². The van der Waals surface area contributed by atoms with Gasteiger partial charge in [0.1, 0.15) is 12.8 Å². The number of hydrogen-bond acceptors (Lipinski definition) is 2. The maximum absolute atomic E-state index is 10.5. The van der Waals surface area contributed by atoms with Crippen molar-refractivity contribution in [1.29, 1.82) is 0 Å². The SMILES string of the molecule is CC(=O)Oc1cc[n+](C)cc1. The summed E-state index contributed by atoms with van der Waals surface area (Å²) < 4.78 is 6.68. The molecule has 0 aliphatic carbocycles. The van der Waals surface area contributed by atoms with Gasteiger partial charge in [-0.15, -0.1) is 0 Å². The first kappa shape index (κ1) is 7.72. The third-order valence-corrected chi connectivity index (χ3v) is 1.21. The molecule has 1 aromatic rings. The zero-order chi connectivity index (χ0) is 8.27. The number of aromatic nitrogens is 1. The van der Waals surface area contributed by atoms with E-state index in [4.69, 9.17) is 4.74 Å². The Hall–Kier alpha value is -1.38. The monoisotopic (exact) mass is 152 g/mol. The zero-order valence-electron chi connectivity index (χ0n) is 6.57. The maximum atomic E-state index is 10.5. The van der Waals surface area contributed by atoms with Gasteiger partial charge in [0.25, 0.3) is 0 Å². The van der Waals surface area contributed by atoms with E-state index in [2.05, 4.69) is 0 Å². The van der Waals surface area contributed by atoms with Crippen molar-refractivity contribution in [2.24, 2.45) is 7.05 Å². The van der Waals surface area contributed by atoms with Crippen LogP contribution in [0.15, 0.2) is 24.5 Å². The molecule has 0 amide bonds. The van der Waals surface area contributed by atoms with Crippen LogP contribution in [0.25, 0.3) is 0 Å². The maximum Gasteiger partial charge on any atom is 0.308 e. The van der Waals surface area contributed by atoms with Crippen molar-refractivity contribution < 1.29 is 14.1 Å². The van der Waals surface area contributed by atoms with Crippen LogP contribution in [0, 0.1) is 0 Å². The average Bonchev–Trinajstić information content (AvgIpc) is 1.93. The number of esters is 1. The summed E-state index contributed by atoms with van der Waals surface area (Å²) in [5, 5.41) is 0. The molecule has 3 nitrogen and oxygen atoms in total. The van der Waals surface area contributed by atoms with Gasteiger partial charge in [-0.25, -0.2) is 4.57 Å². The lowest BCUT2D eigenvalue weighted by Gasteiger charge is -1.96. The smallest absolute Gasteiger partial charge is 0.308 e. The Morgan fingerprint density at radius 1 is 1.45 bits per heavy atom. The summed E-state index contributed by atoms with van der Waals surface area (Å²) in [4.78, 5) is 10.5. The quantitative estimate of drug-likeness (QED) is 0.431. The molecule has 0 aliphatic heterocycles. The molecule has 58 valence electrons. The lowest BCUT2D eigenvalue weighted by Crippen LogP contribution is -2.25. The number of nitrogens with zero attached hydrogens (tertiary/aromatic N) is 1. The lowest BCUT2D eigenvalue weighted by atomic mass is 10.4. The van der Waals surface area contributed by atoms with Crippen LogP contribution in [0.1, 0.15) is 6.92 Å². The Kier molecular flexibility index (Phi) is 2.21. The highest BCUT2D eigenvalue weighted by atomic mass is 16.5. The molecule has 0 saturated heterocycles. The van der Waals surface area contributed by atoms with Crippen molar-refractivity contribution >= 4 is 5.97 Å². The minimum Gasteiger partial charge on any atom is -0.426 e. The fraction of sp³-hybridized carbons (Fsp3) is 0.250. The van der Waals surface area contributed by atoms with Crippen molar-refractivity contribution in [1.82, 2.24) is 0 Å². The number of ether oxygens (including phenoxy) is 1. The summed E-state index contributed by atoms with van der Waals surface area (Å²) in [7, 11) is 1.90. The van der Waals surface area contributed by atoms with Crippen molar-refractivity contribution in [2.45, 2.75) is 6.92 Å². The summed E-state index contributed by atoms with van der Waals surface area (Å²) in [6.45, 7) is 1.38. The number of hydrogen-bond donors (Lipinski definition) is 0. The van der Waals surface area contributed by atoms with E-state index in [1.54, 1.807) is 12.1 Å². The van der Waals surface area contributed by atoms with Gasteiger partial charge in [-0.1, -0.05) is 0 Å². The molecule has 0 N–H and O–H groups in total. The van der Waals surface area contributed by atoms with E-state index in [1.807, 2.05) is 24.0 Å². The molecule has 11 heavy (non-hydrogen) atoms. The van der Waals surface area contributed by atoms with E-state index in [0.717, 1.165) is 0 Å². The highest BCUT2D eigenvalue weighted by Gasteiger charge is 1.98. The fourth-order valence-corrected chi connectivity index (χ4v) is 0.721. The van der Waals surface area contributed by atoms with E-state index < -0.39 is 0 Å². The first-order chi connectivity index (χ1) is 5.18. The van der Waals surface area contributed by atoms with E-state index in [0.29, 0.717) is 5.75 Å². The molecule has 1 rings (SSSR count). The van der Waals surface area contributed by atoms with Gasteiger partial charge in [0.05, 0.1) is 0 Å². The number of carbonyl (C=O) groups excluding carboxylic acids is 1. The second-order valence-corrected chi connectivity index (χ2v) is 2.29. The molecule has 0 bridgehead atoms. The number of carbonyl (C=O) groups is 1. The van der Waals surface area contributed by atoms with Gasteiger partial charge in [-0.05, 0) is 0 Å². The summed E-state index contributed by atoms with van der Waals surface area (Å²) >= 11 is 0. The Bertz CT molecular complexity index is 253. The molecule has 0 aromatic carbocycles. The van der Waals surface area contributed by atoms with E-state index in [-0.39, 0.29) is 5.97 Å². The molecule has 0 radical (unpaired) electrons. The molecular weight excluding hydrogens is 142 g/mol. The average molecular weight is 152 g/mol. The van der Waals surface area contributed by atoms with Gasteiger partial charge in [-0.2, -0.15) is 0 Å². The molecule has 1 aromatic heterocycles. The fourth-order valence-electron chi connectivity index (χ4n) is 0.721. The third kappa shape index (κ3) is 2.37. The highest BCUT2D eigenvalue weighted by molar-refractivity contribution is 5.69. The predicted molar refractivity (Wildman–Crippen MR) is 38.9 cm³/mol. The lowest BCUT2D eigenvalue weighted by molar-refractivity contribution is -0.671. The first-order valence-corrected chi connectivity index (χ1v) is 3.32. The zero-order valence-corrected chi connectivity index (χ0v) is 6.57. The van der Waals surface area contributed by atoms with Crippen LogP contribution in [0.2, 0.25) is 0 Å². The Morgan fingerprint density at radius 2 is 2.00 bits per heavy atom. The van der Waals surface area contributed by atoms with Crippen LogP contribution < -0.4 is 9.30 Å². The molecule has 0 aliphatic rings. The summed E-state index contributed by atoms with van der Waals surface area (Å²) in [5.41, 5.74) is 0. The number of aryl methyl sites for hydroxylation is 1. The standard InChI is InChI=1S/C8H10NO2/c1-7(10)11-8-3-5-9(2)6-4-8/h3-6H,1-2H3/q+1. The molecule has 1 heterocycles. The van der Waals surface area contributed by atoms with Gasteiger partial charge >= 0.3 is 5.97 Å².